The van der Waals surface area contributed by atoms with Crippen LogP contribution in [-0.4, -0.2) is 38.3 Å². The van der Waals surface area contributed by atoms with Crippen molar-refractivity contribution in [2.45, 2.75) is 37.1 Å². The van der Waals surface area contributed by atoms with Gasteiger partial charge in [0, 0.05) is 26.8 Å². The standard InChI is InChI=1S/C19H25N3O2S/c1-15-7-10-17(11-8-15)25(23,24)22-13-5-4-6-18(22)16-9-12-19(20-14-16)21(2)3/h7-12,14,18H,4-6,13H2,1-3H3/t18-/m0/s1. The number of aryl methyl sites for hydroxylation is 1. The molecule has 0 aliphatic carbocycles. The first-order valence-electron chi connectivity index (χ1n) is 8.61. The summed E-state index contributed by atoms with van der Waals surface area (Å²) >= 11 is 0. The van der Waals surface area contributed by atoms with Crippen LogP contribution in [0.2, 0.25) is 0 Å². The fraction of sp³-hybridized carbons (Fsp3) is 0.421. The molecule has 134 valence electrons. The molecule has 25 heavy (non-hydrogen) atoms. The minimum atomic E-state index is -3.51. The van der Waals surface area contributed by atoms with Crippen LogP contribution in [0.1, 0.15) is 36.4 Å². The van der Waals surface area contributed by atoms with Crippen molar-refractivity contribution in [1.82, 2.24) is 9.29 Å². The Balaban J connectivity index is 1.94. The van der Waals surface area contributed by atoms with Gasteiger partial charge in [0.05, 0.1) is 10.9 Å². The molecule has 1 aliphatic heterocycles. The fourth-order valence-electron chi connectivity index (χ4n) is 3.23. The van der Waals surface area contributed by atoms with Crippen molar-refractivity contribution >= 4 is 15.8 Å². The highest BCUT2D eigenvalue weighted by Gasteiger charge is 2.34. The number of piperidine rings is 1. The van der Waals surface area contributed by atoms with Crippen LogP contribution < -0.4 is 4.90 Å². The van der Waals surface area contributed by atoms with Gasteiger partial charge in [-0.25, -0.2) is 13.4 Å². The average molecular weight is 359 g/mol. The molecule has 1 aromatic heterocycles. The van der Waals surface area contributed by atoms with Crippen molar-refractivity contribution in [2.75, 3.05) is 25.5 Å². The molecular formula is C19H25N3O2S. The molecule has 2 heterocycles. The summed E-state index contributed by atoms with van der Waals surface area (Å²) in [4.78, 5) is 6.76. The van der Waals surface area contributed by atoms with Crippen LogP contribution in [0.4, 0.5) is 5.82 Å². The molecule has 3 rings (SSSR count). The highest BCUT2D eigenvalue weighted by Crippen LogP contribution is 2.35. The first-order valence-corrected chi connectivity index (χ1v) is 10.1. The Morgan fingerprint density at radius 1 is 1.08 bits per heavy atom. The van der Waals surface area contributed by atoms with Crippen LogP contribution in [0, 0.1) is 6.92 Å². The Morgan fingerprint density at radius 2 is 1.80 bits per heavy atom. The highest BCUT2D eigenvalue weighted by atomic mass is 32.2. The molecule has 0 unspecified atom stereocenters. The predicted molar refractivity (Wildman–Crippen MR) is 100 cm³/mol. The zero-order chi connectivity index (χ0) is 18.0. The predicted octanol–water partition coefficient (Wildman–Crippen LogP) is 3.37. The monoisotopic (exact) mass is 359 g/mol. The van der Waals surface area contributed by atoms with Crippen LogP contribution >= 0.6 is 0 Å². The summed E-state index contributed by atoms with van der Waals surface area (Å²) in [5.41, 5.74) is 2.01. The lowest BCUT2D eigenvalue weighted by Gasteiger charge is -2.35. The van der Waals surface area contributed by atoms with E-state index in [9.17, 15) is 8.42 Å². The summed E-state index contributed by atoms with van der Waals surface area (Å²) in [5, 5.41) is 0. The lowest BCUT2D eigenvalue weighted by atomic mass is 9.99. The minimum Gasteiger partial charge on any atom is -0.363 e. The second-order valence-corrected chi connectivity index (χ2v) is 8.68. The van der Waals surface area contributed by atoms with E-state index in [4.69, 9.17) is 0 Å². The van der Waals surface area contributed by atoms with Gasteiger partial charge in [-0.2, -0.15) is 4.31 Å². The molecule has 6 heteroatoms. The van der Waals surface area contributed by atoms with Crippen LogP contribution in [0.5, 0.6) is 0 Å². The molecule has 1 aromatic carbocycles. The van der Waals surface area contributed by atoms with Crippen molar-refractivity contribution < 1.29 is 8.42 Å². The van der Waals surface area contributed by atoms with E-state index < -0.39 is 10.0 Å². The molecule has 0 spiro atoms. The average Bonchev–Trinajstić information content (AvgIpc) is 2.62. The SMILES string of the molecule is Cc1ccc(S(=O)(=O)N2CCCC[C@H]2c2ccc(N(C)C)nc2)cc1. The van der Waals surface area contributed by atoms with Crippen molar-refractivity contribution in [1.29, 1.82) is 0 Å². The molecule has 1 fully saturated rings. The number of sulfonamides is 1. The lowest BCUT2D eigenvalue weighted by molar-refractivity contribution is 0.255. The molecule has 0 bridgehead atoms. The number of hydrogen-bond acceptors (Lipinski definition) is 4. The van der Waals surface area contributed by atoms with Crippen LogP contribution in [0.25, 0.3) is 0 Å². The van der Waals surface area contributed by atoms with Gasteiger partial charge < -0.3 is 4.90 Å². The number of pyridine rings is 1. The Labute approximate surface area is 150 Å². The Morgan fingerprint density at radius 3 is 2.40 bits per heavy atom. The summed E-state index contributed by atoms with van der Waals surface area (Å²) in [5.74, 6) is 0.868. The third-order valence-electron chi connectivity index (χ3n) is 4.69. The zero-order valence-corrected chi connectivity index (χ0v) is 15.8. The van der Waals surface area contributed by atoms with E-state index in [1.54, 1.807) is 16.4 Å². The molecule has 1 atom stereocenters. The van der Waals surface area contributed by atoms with Gasteiger partial charge in [-0.05, 0) is 43.5 Å². The molecule has 0 amide bonds. The van der Waals surface area contributed by atoms with Crippen molar-refractivity contribution in [3.8, 4) is 0 Å². The second kappa shape index (κ2) is 7.14. The van der Waals surface area contributed by atoms with Gasteiger partial charge in [-0.3, -0.25) is 0 Å². The second-order valence-electron chi connectivity index (χ2n) is 6.78. The van der Waals surface area contributed by atoms with E-state index in [1.807, 2.05) is 56.4 Å². The summed E-state index contributed by atoms with van der Waals surface area (Å²) in [6.45, 7) is 2.51. The quantitative estimate of drug-likeness (QED) is 0.840. The minimum absolute atomic E-state index is 0.149. The first-order chi connectivity index (χ1) is 11.9. The maximum atomic E-state index is 13.2. The fourth-order valence-corrected chi connectivity index (χ4v) is 4.91. The number of nitrogens with zero attached hydrogens (tertiary/aromatic N) is 3. The van der Waals surface area contributed by atoms with E-state index in [1.165, 1.54) is 0 Å². The first kappa shape index (κ1) is 17.9. The van der Waals surface area contributed by atoms with Crippen molar-refractivity contribution in [3.05, 3.63) is 53.7 Å². The molecule has 5 nitrogen and oxygen atoms in total. The van der Waals surface area contributed by atoms with Crippen LogP contribution in [0.3, 0.4) is 0 Å². The van der Waals surface area contributed by atoms with Gasteiger partial charge in [0.2, 0.25) is 10.0 Å². The molecule has 2 aromatic rings. The van der Waals surface area contributed by atoms with Gasteiger partial charge >= 0.3 is 0 Å². The van der Waals surface area contributed by atoms with Crippen LogP contribution in [0.15, 0.2) is 47.5 Å². The molecule has 0 saturated carbocycles. The van der Waals surface area contributed by atoms with Gasteiger partial charge in [-0.1, -0.05) is 30.2 Å². The molecule has 1 aliphatic rings. The van der Waals surface area contributed by atoms with Gasteiger partial charge in [-0.15, -0.1) is 0 Å². The third kappa shape index (κ3) is 3.70. The summed E-state index contributed by atoms with van der Waals surface area (Å²) in [7, 11) is 0.375. The number of anilines is 1. The highest BCUT2D eigenvalue weighted by molar-refractivity contribution is 7.89. The number of hydrogen-bond donors (Lipinski definition) is 0. The summed E-state index contributed by atoms with van der Waals surface area (Å²) in [6.07, 6.45) is 4.56. The van der Waals surface area contributed by atoms with Gasteiger partial charge in [0.15, 0.2) is 0 Å². The van der Waals surface area contributed by atoms with Crippen LogP contribution in [-0.2, 0) is 10.0 Å². The Kier molecular flexibility index (Phi) is 5.11. The third-order valence-corrected chi connectivity index (χ3v) is 6.62. The topological polar surface area (TPSA) is 53.5 Å². The maximum Gasteiger partial charge on any atom is 0.243 e. The van der Waals surface area contributed by atoms with Crippen molar-refractivity contribution in [2.24, 2.45) is 0 Å². The number of benzene rings is 1. The number of aromatic nitrogens is 1. The van der Waals surface area contributed by atoms with Crippen molar-refractivity contribution in [3.63, 3.8) is 0 Å². The van der Waals surface area contributed by atoms with E-state index >= 15 is 0 Å². The molecular weight excluding hydrogens is 334 g/mol. The smallest absolute Gasteiger partial charge is 0.243 e. The molecule has 1 saturated heterocycles. The zero-order valence-electron chi connectivity index (χ0n) is 15.0. The normalized spacial score (nSPS) is 18.9. The van der Waals surface area contributed by atoms with E-state index in [-0.39, 0.29) is 6.04 Å². The Bertz CT molecular complexity index is 815. The molecule has 0 N–H and O–H groups in total. The Hall–Kier alpha value is -1.92. The van der Waals surface area contributed by atoms with Gasteiger partial charge in [0.25, 0.3) is 0 Å². The van der Waals surface area contributed by atoms with E-state index in [0.29, 0.717) is 11.4 Å². The lowest BCUT2D eigenvalue weighted by Crippen LogP contribution is -2.38. The summed E-state index contributed by atoms with van der Waals surface area (Å²) < 4.78 is 28.0. The molecule has 0 radical (unpaired) electrons. The summed E-state index contributed by atoms with van der Waals surface area (Å²) in [6, 6.07) is 10.9. The van der Waals surface area contributed by atoms with Gasteiger partial charge in [0.1, 0.15) is 5.82 Å². The number of rotatable bonds is 4. The maximum absolute atomic E-state index is 13.2. The van der Waals surface area contributed by atoms with E-state index in [2.05, 4.69) is 4.98 Å². The largest absolute Gasteiger partial charge is 0.363 e. The van der Waals surface area contributed by atoms with E-state index in [0.717, 1.165) is 36.2 Å².